The lowest BCUT2D eigenvalue weighted by molar-refractivity contribution is -0.132. The molecule has 6 heteroatoms. The second-order valence-corrected chi connectivity index (χ2v) is 6.34. The van der Waals surface area contributed by atoms with Crippen LogP contribution >= 0.6 is 11.3 Å². The van der Waals surface area contributed by atoms with Gasteiger partial charge in [0.15, 0.2) is 0 Å². The van der Waals surface area contributed by atoms with Crippen LogP contribution in [0.4, 0.5) is 0 Å². The van der Waals surface area contributed by atoms with Gasteiger partial charge in [0, 0.05) is 25.0 Å². The van der Waals surface area contributed by atoms with Crippen molar-refractivity contribution in [3.8, 4) is 0 Å². The molecule has 110 valence electrons. The first-order valence-corrected chi connectivity index (χ1v) is 7.85. The van der Waals surface area contributed by atoms with Gasteiger partial charge >= 0.3 is 0 Å². The van der Waals surface area contributed by atoms with Gasteiger partial charge in [-0.25, -0.2) is 0 Å². The highest BCUT2D eigenvalue weighted by Gasteiger charge is 2.41. The van der Waals surface area contributed by atoms with Crippen LogP contribution in [0.3, 0.4) is 0 Å². The Morgan fingerprint density at radius 1 is 1.35 bits per heavy atom. The van der Waals surface area contributed by atoms with E-state index in [2.05, 4.69) is 11.9 Å². The number of hydrogen-bond acceptors (Lipinski definition) is 5. The Balaban J connectivity index is 1.74. The summed E-state index contributed by atoms with van der Waals surface area (Å²) in [6.07, 6.45) is 0. The average molecular weight is 296 g/mol. The van der Waals surface area contributed by atoms with Crippen molar-refractivity contribution in [3.63, 3.8) is 0 Å². The monoisotopic (exact) mass is 296 g/mol. The first kappa shape index (κ1) is 14.0. The predicted octanol–water partition coefficient (Wildman–Crippen LogP) is 0.921. The molecule has 1 atom stereocenters. The molecule has 0 bridgehead atoms. The van der Waals surface area contributed by atoms with Crippen molar-refractivity contribution in [1.82, 2.24) is 9.80 Å². The lowest BCUT2D eigenvalue weighted by Crippen LogP contribution is -2.59. The fourth-order valence-corrected chi connectivity index (χ4v) is 3.49. The third-order valence-corrected chi connectivity index (χ3v) is 4.53. The van der Waals surface area contributed by atoms with E-state index in [0.717, 1.165) is 25.3 Å². The van der Waals surface area contributed by atoms with Crippen molar-refractivity contribution < 1.29 is 14.3 Å². The maximum Gasteiger partial charge on any atom is 0.254 e. The Bertz CT molecular complexity index is 465. The summed E-state index contributed by atoms with van der Waals surface area (Å²) in [5.74, 6) is 0.0980. The second-order valence-electron chi connectivity index (χ2n) is 5.56. The molecule has 2 aliphatic rings. The molecule has 1 unspecified atom stereocenters. The largest absolute Gasteiger partial charge is 0.377 e. The average Bonchev–Trinajstić information content (AvgIpc) is 2.91. The molecule has 5 nitrogen and oxygen atoms in total. The molecule has 2 fully saturated rings. The number of likely N-dealkylation sites (N-methyl/N-ethyl adjacent to an activating group) is 1. The number of morpholine rings is 1. The van der Waals surface area contributed by atoms with Crippen molar-refractivity contribution >= 4 is 17.2 Å². The maximum atomic E-state index is 12.5. The Kier molecular flexibility index (Phi) is 4.07. The molecule has 0 saturated carbocycles. The highest BCUT2D eigenvalue weighted by molar-refractivity contribution is 7.08. The minimum atomic E-state index is -0.380. The van der Waals surface area contributed by atoms with E-state index >= 15 is 0 Å². The SMILES string of the molecule is CN1CCOCC2(C1)CN(C(=O)c1ccsc1)CCO2. The predicted molar refractivity (Wildman–Crippen MR) is 77.2 cm³/mol. The van der Waals surface area contributed by atoms with Crippen molar-refractivity contribution in [2.24, 2.45) is 0 Å². The smallest absolute Gasteiger partial charge is 0.254 e. The molecular formula is C14H20N2O3S. The molecule has 1 spiro atoms. The Labute approximate surface area is 123 Å². The number of rotatable bonds is 1. The van der Waals surface area contributed by atoms with Gasteiger partial charge in [-0.2, -0.15) is 11.3 Å². The van der Waals surface area contributed by atoms with E-state index < -0.39 is 0 Å². The van der Waals surface area contributed by atoms with E-state index in [0.29, 0.717) is 26.3 Å². The Morgan fingerprint density at radius 2 is 2.25 bits per heavy atom. The molecule has 2 aliphatic heterocycles. The zero-order chi connectivity index (χ0) is 14.0. The van der Waals surface area contributed by atoms with Crippen LogP contribution in [-0.2, 0) is 9.47 Å². The molecule has 20 heavy (non-hydrogen) atoms. The summed E-state index contributed by atoms with van der Waals surface area (Å²) in [7, 11) is 2.07. The molecule has 2 saturated heterocycles. The van der Waals surface area contributed by atoms with Gasteiger partial charge in [-0.05, 0) is 18.5 Å². The van der Waals surface area contributed by atoms with Crippen LogP contribution in [0.5, 0.6) is 0 Å². The molecule has 1 aromatic rings. The minimum absolute atomic E-state index is 0.0980. The van der Waals surface area contributed by atoms with Gasteiger partial charge in [0.2, 0.25) is 0 Å². The number of hydrogen-bond donors (Lipinski definition) is 0. The quantitative estimate of drug-likeness (QED) is 0.773. The zero-order valence-corrected chi connectivity index (χ0v) is 12.5. The summed E-state index contributed by atoms with van der Waals surface area (Å²) in [4.78, 5) is 16.6. The van der Waals surface area contributed by atoms with Crippen LogP contribution in [0.25, 0.3) is 0 Å². The van der Waals surface area contributed by atoms with Gasteiger partial charge in [-0.15, -0.1) is 0 Å². The maximum absolute atomic E-state index is 12.5. The van der Waals surface area contributed by atoms with Crippen molar-refractivity contribution in [2.45, 2.75) is 5.60 Å². The van der Waals surface area contributed by atoms with Crippen LogP contribution in [0.15, 0.2) is 16.8 Å². The fourth-order valence-electron chi connectivity index (χ4n) is 2.87. The van der Waals surface area contributed by atoms with E-state index in [-0.39, 0.29) is 11.5 Å². The summed E-state index contributed by atoms with van der Waals surface area (Å²) in [6, 6.07) is 1.88. The lowest BCUT2D eigenvalue weighted by atomic mass is 10.0. The number of nitrogens with zero attached hydrogens (tertiary/aromatic N) is 2. The van der Waals surface area contributed by atoms with E-state index in [1.54, 1.807) is 11.3 Å². The van der Waals surface area contributed by atoms with Crippen molar-refractivity contribution in [2.75, 3.05) is 53.0 Å². The molecule has 1 amide bonds. The van der Waals surface area contributed by atoms with Gasteiger partial charge < -0.3 is 19.3 Å². The molecular weight excluding hydrogens is 276 g/mol. The highest BCUT2D eigenvalue weighted by atomic mass is 32.1. The standard InChI is InChI=1S/C14H20N2O3S/c1-15-3-5-18-11-14(9-15)10-16(4-6-19-14)13(17)12-2-7-20-8-12/h2,7-8H,3-6,9-11H2,1H3. The van der Waals surface area contributed by atoms with Crippen molar-refractivity contribution in [3.05, 3.63) is 22.4 Å². The van der Waals surface area contributed by atoms with Crippen LogP contribution in [0, 0.1) is 0 Å². The van der Waals surface area contributed by atoms with Gasteiger partial charge in [0.25, 0.3) is 5.91 Å². The molecule has 0 N–H and O–H groups in total. The number of ether oxygens (including phenoxy) is 2. The first-order chi connectivity index (χ1) is 9.69. The number of thiophene rings is 1. The third-order valence-electron chi connectivity index (χ3n) is 3.84. The topological polar surface area (TPSA) is 42.0 Å². The van der Waals surface area contributed by atoms with Crippen LogP contribution in [0.1, 0.15) is 10.4 Å². The fraction of sp³-hybridized carbons (Fsp3) is 0.643. The van der Waals surface area contributed by atoms with E-state index in [1.807, 2.05) is 21.7 Å². The molecule has 0 aromatic carbocycles. The normalized spacial score (nSPS) is 28.6. The molecule has 1 aromatic heterocycles. The van der Waals surface area contributed by atoms with E-state index in [4.69, 9.17) is 9.47 Å². The Hall–Kier alpha value is -0.950. The van der Waals surface area contributed by atoms with Crippen molar-refractivity contribution in [1.29, 1.82) is 0 Å². The highest BCUT2D eigenvalue weighted by Crippen LogP contribution is 2.23. The van der Waals surface area contributed by atoms with Gasteiger partial charge in [0.05, 0.1) is 31.9 Å². The molecule has 0 aliphatic carbocycles. The van der Waals surface area contributed by atoms with Gasteiger partial charge in [-0.1, -0.05) is 0 Å². The second kappa shape index (κ2) is 5.81. The number of carbonyl (C=O) groups excluding carboxylic acids is 1. The van der Waals surface area contributed by atoms with Crippen LogP contribution in [-0.4, -0.2) is 74.4 Å². The van der Waals surface area contributed by atoms with Crippen LogP contribution < -0.4 is 0 Å². The third kappa shape index (κ3) is 2.88. The van der Waals surface area contributed by atoms with Crippen LogP contribution in [0.2, 0.25) is 0 Å². The summed E-state index contributed by atoms with van der Waals surface area (Å²) in [5.41, 5.74) is 0.393. The molecule has 3 heterocycles. The summed E-state index contributed by atoms with van der Waals surface area (Å²) in [5, 5.41) is 3.84. The molecule has 3 rings (SSSR count). The number of amides is 1. The first-order valence-electron chi connectivity index (χ1n) is 6.90. The van der Waals surface area contributed by atoms with E-state index in [1.165, 1.54) is 0 Å². The summed E-state index contributed by atoms with van der Waals surface area (Å²) < 4.78 is 11.7. The summed E-state index contributed by atoms with van der Waals surface area (Å²) in [6.45, 7) is 4.83. The minimum Gasteiger partial charge on any atom is -0.377 e. The van der Waals surface area contributed by atoms with E-state index in [9.17, 15) is 4.79 Å². The zero-order valence-electron chi connectivity index (χ0n) is 11.7. The Morgan fingerprint density at radius 3 is 3.05 bits per heavy atom. The van der Waals surface area contributed by atoms with Gasteiger partial charge in [0.1, 0.15) is 5.60 Å². The number of carbonyl (C=O) groups is 1. The molecule has 0 radical (unpaired) electrons. The summed E-state index contributed by atoms with van der Waals surface area (Å²) >= 11 is 1.55. The van der Waals surface area contributed by atoms with Gasteiger partial charge in [-0.3, -0.25) is 4.79 Å². The lowest BCUT2D eigenvalue weighted by Gasteiger charge is -2.42.